The molecule has 0 atom stereocenters. The summed E-state index contributed by atoms with van der Waals surface area (Å²) in [5.74, 6) is 0.559. The average Bonchev–Trinajstić information content (AvgIpc) is 2.65. The number of nitrogens with zero attached hydrogens (tertiary/aromatic N) is 2. The van der Waals surface area contributed by atoms with Crippen LogP contribution in [0.25, 0.3) is 0 Å². The Hall–Kier alpha value is -2.60. The van der Waals surface area contributed by atoms with E-state index in [-0.39, 0.29) is 11.8 Å². The summed E-state index contributed by atoms with van der Waals surface area (Å²) in [6.45, 7) is 4.43. The van der Waals surface area contributed by atoms with E-state index in [0.29, 0.717) is 25.4 Å². The van der Waals surface area contributed by atoms with Gasteiger partial charge in [0.1, 0.15) is 18.2 Å². The third kappa shape index (κ3) is 5.19. The van der Waals surface area contributed by atoms with Crippen LogP contribution in [0, 0.1) is 5.82 Å². The van der Waals surface area contributed by atoms with Crippen LogP contribution in [-0.4, -0.2) is 55.2 Å². The van der Waals surface area contributed by atoms with Gasteiger partial charge in [-0.1, -0.05) is 18.2 Å². The van der Waals surface area contributed by atoms with Gasteiger partial charge in [-0.2, -0.15) is 0 Å². The molecule has 2 aromatic carbocycles. The number of carbonyl (C=O) groups is 1. The van der Waals surface area contributed by atoms with Crippen LogP contribution in [0.3, 0.4) is 0 Å². The number of hydrogen-bond donors (Lipinski definition) is 1. The minimum Gasteiger partial charge on any atom is -0.492 e. The first-order valence-corrected chi connectivity index (χ1v) is 8.42. The molecule has 0 bridgehead atoms. The molecule has 0 saturated carbocycles. The number of benzene rings is 2. The Kier molecular flexibility index (Phi) is 5.85. The predicted molar refractivity (Wildman–Crippen MR) is 95.4 cm³/mol. The van der Waals surface area contributed by atoms with Crippen LogP contribution in [-0.2, 0) is 0 Å². The number of amides is 2. The molecule has 0 spiro atoms. The van der Waals surface area contributed by atoms with Gasteiger partial charge >= 0.3 is 6.03 Å². The lowest BCUT2D eigenvalue weighted by atomic mass is 10.3. The standard InChI is InChI=1S/C19H22FN3O2/c20-16-6-8-17(9-7-16)21-19(24)23-12-10-22(11-13-23)14-15-25-18-4-2-1-3-5-18/h1-9H,10-15H2,(H,21,24). The molecule has 0 aliphatic carbocycles. The lowest BCUT2D eigenvalue weighted by molar-refractivity contribution is 0.132. The summed E-state index contributed by atoms with van der Waals surface area (Å²) in [4.78, 5) is 16.3. The Labute approximate surface area is 147 Å². The van der Waals surface area contributed by atoms with Gasteiger partial charge in [-0.15, -0.1) is 0 Å². The zero-order chi connectivity index (χ0) is 17.5. The topological polar surface area (TPSA) is 44.8 Å². The number of para-hydroxylation sites is 1. The Morgan fingerprint density at radius 2 is 1.68 bits per heavy atom. The summed E-state index contributed by atoms with van der Waals surface area (Å²) in [6.07, 6.45) is 0. The van der Waals surface area contributed by atoms with Gasteiger partial charge in [-0.25, -0.2) is 9.18 Å². The van der Waals surface area contributed by atoms with Crippen molar-refractivity contribution in [3.63, 3.8) is 0 Å². The molecule has 6 heteroatoms. The SMILES string of the molecule is O=C(Nc1ccc(F)cc1)N1CCN(CCOc2ccccc2)CC1. The van der Waals surface area contributed by atoms with Crippen LogP contribution in [0.2, 0.25) is 0 Å². The van der Waals surface area contributed by atoms with Crippen molar-refractivity contribution in [2.45, 2.75) is 0 Å². The minimum absolute atomic E-state index is 0.146. The van der Waals surface area contributed by atoms with Crippen molar-refractivity contribution in [1.82, 2.24) is 9.80 Å². The third-order valence-corrected chi connectivity index (χ3v) is 4.17. The largest absolute Gasteiger partial charge is 0.492 e. The van der Waals surface area contributed by atoms with Crippen molar-refractivity contribution in [1.29, 1.82) is 0 Å². The second-order valence-corrected chi connectivity index (χ2v) is 5.93. The fraction of sp³-hybridized carbons (Fsp3) is 0.316. The number of urea groups is 1. The van der Waals surface area contributed by atoms with Crippen molar-refractivity contribution in [2.75, 3.05) is 44.6 Å². The van der Waals surface area contributed by atoms with Gasteiger partial charge in [0.25, 0.3) is 0 Å². The number of halogens is 1. The smallest absolute Gasteiger partial charge is 0.321 e. The molecule has 1 aliphatic rings. The molecule has 0 aromatic heterocycles. The number of carbonyl (C=O) groups excluding carboxylic acids is 1. The average molecular weight is 343 g/mol. The molecule has 1 heterocycles. The van der Waals surface area contributed by atoms with Gasteiger partial charge in [0, 0.05) is 38.4 Å². The van der Waals surface area contributed by atoms with E-state index in [1.807, 2.05) is 30.3 Å². The van der Waals surface area contributed by atoms with E-state index in [1.54, 1.807) is 17.0 Å². The van der Waals surface area contributed by atoms with E-state index >= 15 is 0 Å². The van der Waals surface area contributed by atoms with E-state index in [2.05, 4.69) is 10.2 Å². The van der Waals surface area contributed by atoms with E-state index < -0.39 is 0 Å². The molecule has 5 nitrogen and oxygen atoms in total. The Morgan fingerprint density at radius 3 is 2.36 bits per heavy atom. The molecular formula is C19H22FN3O2. The number of anilines is 1. The highest BCUT2D eigenvalue weighted by Crippen LogP contribution is 2.11. The van der Waals surface area contributed by atoms with Crippen LogP contribution in [0.1, 0.15) is 0 Å². The summed E-state index contributed by atoms with van der Waals surface area (Å²) in [6, 6.07) is 15.4. The van der Waals surface area contributed by atoms with Gasteiger partial charge in [0.05, 0.1) is 0 Å². The number of nitrogens with one attached hydrogen (secondary N) is 1. The zero-order valence-corrected chi connectivity index (χ0v) is 14.0. The normalized spacial score (nSPS) is 15.0. The van der Waals surface area contributed by atoms with E-state index in [1.165, 1.54) is 12.1 Å². The third-order valence-electron chi connectivity index (χ3n) is 4.17. The lowest BCUT2D eigenvalue weighted by Crippen LogP contribution is -2.50. The summed E-state index contributed by atoms with van der Waals surface area (Å²) < 4.78 is 18.6. The molecule has 2 amide bonds. The zero-order valence-electron chi connectivity index (χ0n) is 14.0. The number of rotatable bonds is 5. The minimum atomic E-state index is -0.315. The first-order valence-electron chi connectivity index (χ1n) is 8.42. The van der Waals surface area contributed by atoms with Crippen LogP contribution in [0.15, 0.2) is 54.6 Å². The number of ether oxygens (including phenoxy) is 1. The Balaban J connectivity index is 1.37. The molecule has 1 N–H and O–H groups in total. The molecule has 0 unspecified atom stereocenters. The maximum atomic E-state index is 12.9. The fourth-order valence-electron chi connectivity index (χ4n) is 2.72. The highest BCUT2D eigenvalue weighted by atomic mass is 19.1. The molecule has 1 saturated heterocycles. The fourth-order valence-corrected chi connectivity index (χ4v) is 2.72. The molecule has 1 fully saturated rings. The Morgan fingerprint density at radius 1 is 1.00 bits per heavy atom. The summed E-state index contributed by atoms with van der Waals surface area (Å²) >= 11 is 0. The van der Waals surface area contributed by atoms with Gasteiger partial charge in [-0.05, 0) is 36.4 Å². The van der Waals surface area contributed by atoms with Gasteiger partial charge < -0.3 is 15.0 Å². The molecular weight excluding hydrogens is 321 g/mol. The molecule has 25 heavy (non-hydrogen) atoms. The maximum Gasteiger partial charge on any atom is 0.321 e. The van der Waals surface area contributed by atoms with Crippen LogP contribution in [0.5, 0.6) is 5.75 Å². The van der Waals surface area contributed by atoms with E-state index in [4.69, 9.17) is 4.74 Å². The van der Waals surface area contributed by atoms with Crippen molar-refractivity contribution >= 4 is 11.7 Å². The van der Waals surface area contributed by atoms with Crippen molar-refractivity contribution < 1.29 is 13.9 Å². The predicted octanol–water partition coefficient (Wildman–Crippen LogP) is 3.05. The van der Waals surface area contributed by atoms with E-state index in [0.717, 1.165) is 25.4 Å². The Bertz CT molecular complexity index is 671. The monoisotopic (exact) mass is 343 g/mol. The molecule has 1 aliphatic heterocycles. The van der Waals surface area contributed by atoms with Crippen LogP contribution >= 0.6 is 0 Å². The van der Waals surface area contributed by atoms with E-state index in [9.17, 15) is 9.18 Å². The van der Waals surface area contributed by atoms with Crippen molar-refractivity contribution in [2.24, 2.45) is 0 Å². The van der Waals surface area contributed by atoms with Crippen LogP contribution in [0.4, 0.5) is 14.9 Å². The maximum absolute atomic E-state index is 12.9. The summed E-state index contributed by atoms with van der Waals surface area (Å²) in [5, 5.41) is 2.80. The number of hydrogen-bond acceptors (Lipinski definition) is 3. The summed E-state index contributed by atoms with van der Waals surface area (Å²) in [5.41, 5.74) is 0.602. The highest BCUT2D eigenvalue weighted by Gasteiger charge is 2.20. The lowest BCUT2D eigenvalue weighted by Gasteiger charge is -2.34. The van der Waals surface area contributed by atoms with Gasteiger partial charge in [0.15, 0.2) is 0 Å². The molecule has 132 valence electrons. The molecule has 3 rings (SSSR count). The second kappa shape index (κ2) is 8.48. The van der Waals surface area contributed by atoms with Crippen molar-refractivity contribution in [3.05, 3.63) is 60.4 Å². The van der Waals surface area contributed by atoms with Gasteiger partial charge in [-0.3, -0.25) is 4.90 Å². The molecule has 0 radical (unpaired) electrons. The first-order chi connectivity index (χ1) is 12.2. The van der Waals surface area contributed by atoms with Gasteiger partial charge in [0.2, 0.25) is 0 Å². The first kappa shape index (κ1) is 17.2. The quantitative estimate of drug-likeness (QED) is 0.907. The highest BCUT2D eigenvalue weighted by molar-refractivity contribution is 5.89. The van der Waals surface area contributed by atoms with Crippen LogP contribution < -0.4 is 10.1 Å². The molecule has 2 aromatic rings. The summed E-state index contributed by atoms with van der Waals surface area (Å²) in [7, 11) is 0. The second-order valence-electron chi connectivity index (χ2n) is 5.93. The van der Waals surface area contributed by atoms with Crippen molar-refractivity contribution in [3.8, 4) is 5.75 Å². The number of piperazine rings is 1.